The molecule has 0 spiro atoms. The van der Waals surface area contributed by atoms with Crippen molar-refractivity contribution < 1.29 is 9.53 Å². The molecule has 0 amide bonds. The van der Waals surface area contributed by atoms with Gasteiger partial charge in [0.2, 0.25) is 5.82 Å². The fraction of sp³-hybridized carbons (Fsp3) is 0.556. The standard InChI is InChI=1S/C9H14N4O4/c1-3-4-17-8(15)5(2)10-6-7(14)11-9(16)13-12-6/h5H,3-4H2,1-2H3,(H,10,12)(H2,11,13,14,16). The number of anilines is 1. The van der Waals surface area contributed by atoms with Gasteiger partial charge in [0.25, 0.3) is 5.56 Å². The summed E-state index contributed by atoms with van der Waals surface area (Å²) in [6.45, 7) is 3.73. The van der Waals surface area contributed by atoms with Crippen LogP contribution in [0.25, 0.3) is 0 Å². The molecule has 3 N–H and O–H groups in total. The van der Waals surface area contributed by atoms with Crippen LogP contribution in [0, 0.1) is 0 Å². The van der Waals surface area contributed by atoms with Gasteiger partial charge in [-0.1, -0.05) is 6.92 Å². The van der Waals surface area contributed by atoms with Crippen molar-refractivity contribution in [1.29, 1.82) is 0 Å². The van der Waals surface area contributed by atoms with Crippen molar-refractivity contribution in [2.45, 2.75) is 26.3 Å². The van der Waals surface area contributed by atoms with Crippen molar-refractivity contribution in [3.05, 3.63) is 20.8 Å². The zero-order valence-electron chi connectivity index (χ0n) is 9.57. The van der Waals surface area contributed by atoms with Crippen molar-refractivity contribution in [2.24, 2.45) is 0 Å². The number of ether oxygens (including phenoxy) is 1. The Hall–Kier alpha value is -2.12. The normalized spacial score (nSPS) is 11.9. The Balaban J connectivity index is 2.67. The van der Waals surface area contributed by atoms with Crippen molar-refractivity contribution in [2.75, 3.05) is 11.9 Å². The number of aromatic amines is 2. The third-order valence-corrected chi connectivity index (χ3v) is 1.87. The summed E-state index contributed by atoms with van der Waals surface area (Å²) in [7, 11) is 0. The monoisotopic (exact) mass is 242 g/mol. The minimum absolute atomic E-state index is 0.134. The van der Waals surface area contributed by atoms with E-state index in [1.807, 2.05) is 11.9 Å². The third kappa shape index (κ3) is 3.74. The van der Waals surface area contributed by atoms with E-state index in [0.717, 1.165) is 6.42 Å². The van der Waals surface area contributed by atoms with Crippen LogP contribution in [-0.2, 0) is 9.53 Å². The summed E-state index contributed by atoms with van der Waals surface area (Å²) in [6.07, 6.45) is 0.718. The molecule has 0 aliphatic rings. The van der Waals surface area contributed by atoms with Gasteiger partial charge >= 0.3 is 11.7 Å². The predicted octanol–water partition coefficient (Wildman–Crippen LogP) is -0.788. The molecule has 8 nitrogen and oxygen atoms in total. The number of nitrogens with one attached hydrogen (secondary N) is 3. The number of esters is 1. The van der Waals surface area contributed by atoms with E-state index < -0.39 is 23.3 Å². The summed E-state index contributed by atoms with van der Waals surface area (Å²) in [4.78, 5) is 35.3. The zero-order chi connectivity index (χ0) is 12.8. The Morgan fingerprint density at radius 1 is 1.53 bits per heavy atom. The predicted molar refractivity (Wildman–Crippen MR) is 59.8 cm³/mol. The van der Waals surface area contributed by atoms with Gasteiger partial charge < -0.3 is 10.1 Å². The summed E-state index contributed by atoms with van der Waals surface area (Å²) < 4.78 is 4.88. The molecule has 1 rings (SSSR count). The molecule has 1 heterocycles. The summed E-state index contributed by atoms with van der Waals surface area (Å²) in [5, 5.41) is 8.08. The molecule has 1 aromatic rings. The molecule has 8 heteroatoms. The van der Waals surface area contributed by atoms with E-state index in [-0.39, 0.29) is 5.82 Å². The van der Waals surface area contributed by atoms with Crippen LogP contribution in [-0.4, -0.2) is 33.8 Å². The first-order chi connectivity index (χ1) is 8.04. The molecule has 1 aromatic heterocycles. The number of carbonyl (C=O) groups excluding carboxylic acids is 1. The smallest absolute Gasteiger partial charge is 0.342 e. The minimum atomic E-state index is -0.721. The number of nitrogens with zero attached hydrogens (tertiary/aromatic N) is 1. The van der Waals surface area contributed by atoms with Gasteiger partial charge in [0.05, 0.1) is 6.61 Å². The highest BCUT2D eigenvalue weighted by Crippen LogP contribution is 1.96. The fourth-order valence-electron chi connectivity index (χ4n) is 1.04. The van der Waals surface area contributed by atoms with Gasteiger partial charge in [0.15, 0.2) is 0 Å². The SMILES string of the molecule is CCCOC(=O)C(C)Nc1n[nH]c(=O)[nH]c1=O. The van der Waals surface area contributed by atoms with Gasteiger partial charge in [-0.25, -0.2) is 14.7 Å². The molecular weight excluding hydrogens is 228 g/mol. The van der Waals surface area contributed by atoms with Crippen LogP contribution in [0.15, 0.2) is 9.59 Å². The molecule has 17 heavy (non-hydrogen) atoms. The molecule has 0 saturated heterocycles. The number of carbonyl (C=O) groups is 1. The van der Waals surface area contributed by atoms with E-state index >= 15 is 0 Å². The lowest BCUT2D eigenvalue weighted by Crippen LogP contribution is -2.34. The quantitative estimate of drug-likeness (QED) is 0.582. The van der Waals surface area contributed by atoms with Gasteiger partial charge in [-0.3, -0.25) is 9.78 Å². The van der Waals surface area contributed by atoms with E-state index in [0.29, 0.717) is 6.61 Å². The summed E-state index contributed by atoms with van der Waals surface area (Å²) >= 11 is 0. The molecule has 0 saturated carbocycles. The number of hydrogen-bond donors (Lipinski definition) is 3. The molecule has 94 valence electrons. The lowest BCUT2D eigenvalue weighted by molar-refractivity contribution is -0.144. The fourth-order valence-corrected chi connectivity index (χ4v) is 1.04. The van der Waals surface area contributed by atoms with Gasteiger partial charge in [0.1, 0.15) is 6.04 Å². The number of H-pyrrole nitrogens is 2. The highest BCUT2D eigenvalue weighted by Gasteiger charge is 2.16. The molecular formula is C9H14N4O4. The van der Waals surface area contributed by atoms with Gasteiger partial charge in [-0.2, -0.15) is 0 Å². The van der Waals surface area contributed by atoms with Crippen LogP contribution in [0.4, 0.5) is 5.82 Å². The van der Waals surface area contributed by atoms with Crippen molar-refractivity contribution in [1.82, 2.24) is 15.2 Å². The first kappa shape index (κ1) is 12.9. The molecule has 1 unspecified atom stereocenters. The van der Waals surface area contributed by atoms with Crippen LogP contribution in [0.2, 0.25) is 0 Å². The molecule has 0 radical (unpaired) electrons. The maximum atomic E-state index is 11.4. The third-order valence-electron chi connectivity index (χ3n) is 1.87. The number of hydrogen-bond acceptors (Lipinski definition) is 6. The minimum Gasteiger partial charge on any atom is -0.464 e. The van der Waals surface area contributed by atoms with Crippen molar-refractivity contribution in [3.8, 4) is 0 Å². The van der Waals surface area contributed by atoms with E-state index in [2.05, 4.69) is 15.5 Å². The van der Waals surface area contributed by atoms with E-state index in [9.17, 15) is 14.4 Å². The van der Waals surface area contributed by atoms with E-state index in [1.54, 1.807) is 0 Å². The topological polar surface area (TPSA) is 117 Å². The Bertz CT molecular complexity index is 492. The zero-order valence-corrected chi connectivity index (χ0v) is 9.57. The Morgan fingerprint density at radius 3 is 2.82 bits per heavy atom. The lowest BCUT2D eigenvalue weighted by atomic mass is 10.3. The summed E-state index contributed by atoms with van der Waals surface area (Å²) in [5.74, 6) is -0.621. The molecule has 0 aliphatic carbocycles. The second kappa shape index (κ2) is 5.83. The lowest BCUT2D eigenvalue weighted by Gasteiger charge is -2.12. The Morgan fingerprint density at radius 2 is 2.24 bits per heavy atom. The molecule has 0 bridgehead atoms. The average Bonchev–Trinajstić information content (AvgIpc) is 2.29. The molecule has 0 fully saturated rings. The van der Waals surface area contributed by atoms with Gasteiger partial charge in [-0.05, 0) is 13.3 Å². The summed E-state index contributed by atoms with van der Waals surface area (Å²) in [6, 6.07) is -0.721. The highest BCUT2D eigenvalue weighted by atomic mass is 16.5. The maximum absolute atomic E-state index is 11.4. The second-order valence-corrected chi connectivity index (χ2v) is 3.39. The highest BCUT2D eigenvalue weighted by molar-refractivity contribution is 5.78. The molecule has 1 atom stereocenters. The van der Waals surface area contributed by atoms with Crippen molar-refractivity contribution >= 4 is 11.8 Å². The Labute approximate surface area is 96.4 Å². The van der Waals surface area contributed by atoms with Crippen molar-refractivity contribution in [3.63, 3.8) is 0 Å². The molecule has 0 aromatic carbocycles. The van der Waals surface area contributed by atoms with Gasteiger partial charge in [0, 0.05) is 0 Å². The largest absolute Gasteiger partial charge is 0.464 e. The average molecular weight is 242 g/mol. The Kier molecular flexibility index (Phi) is 4.44. The number of rotatable bonds is 5. The van der Waals surface area contributed by atoms with E-state index in [4.69, 9.17) is 4.74 Å². The van der Waals surface area contributed by atoms with Crippen LogP contribution in [0.1, 0.15) is 20.3 Å². The first-order valence-corrected chi connectivity index (χ1v) is 5.16. The van der Waals surface area contributed by atoms with Gasteiger partial charge in [-0.15, -0.1) is 5.10 Å². The van der Waals surface area contributed by atoms with Crippen LogP contribution >= 0.6 is 0 Å². The second-order valence-electron chi connectivity index (χ2n) is 3.39. The van der Waals surface area contributed by atoms with E-state index in [1.165, 1.54) is 6.92 Å². The maximum Gasteiger partial charge on any atom is 0.342 e. The van der Waals surface area contributed by atoms with Crippen LogP contribution in [0.3, 0.4) is 0 Å². The number of aromatic nitrogens is 3. The van der Waals surface area contributed by atoms with Crippen LogP contribution < -0.4 is 16.6 Å². The van der Waals surface area contributed by atoms with Crippen LogP contribution in [0.5, 0.6) is 0 Å². The molecule has 0 aliphatic heterocycles. The summed E-state index contributed by atoms with van der Waals surface area (Å²) in [5.41, 5.74) is -1.40. The first-order valence-electron chi connectivity index (χ1n) is 5.16.